The van der Waals surface area contributed by atoms with Gasteiger partial charge in [0, 0.05) is 45.0 Å². The zero-order chi connectivity index (χ0) is 11.2. The van der Waals surface area contributed by atoms with Crippen molar-refractivity contribution in [1.82, 2.24) is 5.32 Å². The molecule has 2 rings (SSSR count). The summed E-state index contributed by atoms with van der Waals surface area (Å²) in [6.07, 6.45) is 0. The van der Waals surface area contributed by atoms with Crippen LogP contribution in [-0.4, -0.2) is 40.1 Å². The van der Waals surface area contributed by atoms with Crippen molar-refractivity contribution in [2.75, 3.05) is 45.0 Å². The van der Waals surface area contributed by atoms with Crippen LogP contribution in [0.1, 0.15) is 0 Å². The average molecular weight is 222 g/mol. The quantitative estimate of drug-likeness (QED) is 0.773. The highest BCUT2D eigenvalue weighted by atomic mass is 16.7. The van der Waals surface area contributed by atoms with Crippen LogP contribution in [0.5, 0.6) is 5.75 Å². The Morgan fingerprint density at radius 3 is 2.88 bits per heavy atom. The van der Waals surface area contributed by atoms with Gasteiger partial charge in [-0.2, -0.15) is 0 Å². The van der Waals surface area contributed by atoms with Crippen molar-refractivity contribution in [3.63, 3.8) is 0 Å². The summed E-state index contributed by atoms with van der Waals surface area (Å²) in [6.45, 7) is 4.48. The molecule has 0 spiro atoms. The number of nitrogens with one attached hydrogen (secondary N) is 1. The molecule has 1 saturated heterocycles. The summed E-state index contributed by atoms with van der Waals surface area (Å²) in [6, 6.07) is 8.14. The molecule has 88 valence electrons. The van der Waals surface area contributed by atoms with Gasteiger partial charge in [-0.05, 0) is 12.1 Å². The molecular formula is C12H18N2O2. The number of methoxy groups -OCH3 is 1. The topological polar surface area (TPSA) is 33.7 Å². The molecular weight excluding hydrogens is 204 g/mol. The van der Waals surface area contributed by atoms with Gasteiger partial charge in [-0.25, -0.2) is 0 Å². The second kappa shape index (κ2) is 5.72. The first-order valence-electron chi connectivity index (χ1n) is 5.57. The first kappa shape index (κ1) is 11.2. The van der Waals surface area contributed by atoms with E-state index in [0.29, 0.717) is 6.79 Å². The molecule has 1 fully saturated rings. The molecule has 0 bridgehead atoms. The molecule has 1 aromatic carbocycles. The zero-order valence-electron chi connectivity index (χ0n) is 9.61. The van der Waals surface area contributed by atoms with E-state index in [1.807, 2.05) is 12.1 Å². The molecule has 1 N–H and O–H groups in total. The lowest BCUT2D eigenvalue weighted by Crippen LogP contribution is -2.43. The predicted octanol–water partition coefficient (Wildman–Crippen LogP) is 1.08. The fourth-order valence-corrected chi connectivity index (χ4v) is 1.82. The number of hydrogen-bond acceptors (Lipinski definition) is 4. The Balaban J connectivity index is 2.02. The number of hydrogen-bond donors (Lipinski definition) is 1. The predicted molar refractivity (Wildman–Crippen MR) is 64.0 cm³/mol. The Bertz CT molecular complexity index is 325. The van der Waals surface area contributed by atoms with E-state index in [2.05, 4.69) is 22.3 Å². The molecule has 16 heavy (non-hydrogen) atoms. The fourth-order valence-electron chi connectivity index (χ4n) is 1.82. The maximum atomic E-state index is 5.42. The van der Waals surface area contributed by atoms with Gasteiger partial charge in [0.25, 0.3) is 0 Å². The van der Waals surface area contributed by atoms with Crippen LogP contribution < -0.4 is 15.0 Å². The highest BCUT2D eigenvalue weighted by molar-refractivity contribution is 5.51. The van der Waals surface area contributed by atoms with E-state index in [-0.39, 0.29) is 0 Å². The Hall–Kier alpha value is -1.26. The summed E-state index contributed by atoms with van der Waals surface area (Å²) in [5, 5.41) is 3.34. The summed E-state index contributed by atoms with van der Waals surface area (Å²) in [5.41, 5.74) is 1.22. The number of ether oxygens (including phenoxy) is 2. The highest BCUT2D eigenvalue weighted by Gasteiger charge is 2.10. The molecule has 1 heterocycles. The molecule has 0 atom stereocenters. The van der Waals surface area contributed by atoms with Gasteiger partial charge in [-0.1, -0.05) is 6.07 Å². The third kappa shape index (κ3) is 2.87. The SMILES string of the molecule is COCOc1cccc(N2CCNCC2)c1. The number of benzene rings is 1. The first-order valence-corrected chi connectivity index (χ1v) is 5.57. The molecule has 0 unspecified atom stereocenters. The van der Waals surface area contributed by atoms with Crippen molar-refractivity contribution in [3.05, 3.63) is 24.3 Å². The van der Waals surface area contributed by atoms with Gasteiger partial charge in [0.05, 0.1) is 0 Å². The van der Waals surface area contributed by atoms with Crippen molar-refractivity contribution in [2.24, 2.45) is 0 Å². The van der Waals surface area contributed by atoms with Crippen molar-refractivity contribution < 1.29 is 9.47 Å². The van der Waals surface area contributed by atoms with Crippen molar-refractivity contribution in [2.45, 2.75) is 0 Å². The molecule has 1 aliphatic rings. The van der Waals surface area contributed by atoms with Crippen LogP contribution in [0.25, 0.3) is 0 Å². The molecule has 4 nitrogen and oxygen atoms in total. The largest absolute Gasteiger partial charge is 0.467 e. The highest BCUT2D eigenvalue weighted by Crippen LogP contribution is 2.21. The molecule has 4 heteroatoms. The average Bonchev–Trinajstić information content (AvgIpc) is 2.38. The van der Waals surface area contributed by atoms with Crippen LogP contribution in [0, 0.1) is 0 Å². The number of rotatable bonds is 4. The van der Waals surface area contributed by atoms with Crippen LogP contribution in [-0.2, 0) is 4.74 Å². The number of anilines is 1. The smallest absolute Gasteiger partial charge is 0.188 e. The van der Waals surface area contributed by atoms with Gasteiger partial charge < -0.3 is 19.7 Å². The Kier molecular flexibility index (Phi) is 4.02. The first-order chi connectivity index (χ1) is 7.90. The van der Waals surface area contributed by atoms with E-state index in [1.54, 1.807) is 7.11 Å². The van der Waals surface area contributed by atoms with E-state index in [1.165, 1.54) is 5.69 Å². The van der Waals surface area contributed by atoms with Crippen LogP contribution >= 0.6 is 0 Å². The summed E-state index contributed by atoms with van der Waals surface area (Å²) in [5.74, 6) is 0.859. The third-order valence-corrected chi connectivity index (χ3v) is 2.64. The van der Waals surface area contributed by atoms with Crippen LogP contribution in [0.2, 0.25) is 0 Å². The Labute approximate surface area is 96.2 Å². The number of nitrogens with zero attached hydrogens (tertiary/aromatic N) is 1. The second-order valence-electron chi connectivity index (χ2n) is 3.79. The second-order valence-corrected chi connectivity index (χ2v) is 3.79. The van der Waals surface area contributed by atoms with E-state index in [4.69, 9.17) is 9.47 Å². The van der Waals surface area contributed by atoms with Gasteiger partial charge >= 0.3 is 0 Å². The van der Waals surface area contributed by atoms with Crippen molar-refractivity contribution in [1.29, 1.82) is 0 Å². The summed E-state index contributed by atoms with van der Waals surface area (Å²) in [4.78, 5) is 2.36. The van der Waals surface area contributed by atoms with E-state index >= 15 is 0 Å². The van der Waals surface area contributed by atoms with Gasteiger partial charge in [0.2, 0.25) is 0 Å². The monoisotopic (exact) mass is 222 g/mol. The van der Waals surface area contributed by atoms with E-state index in [9.17, 15) is 0 Å². The van der Waals surface area contributed by atoms with Crippen molar-refractivity contribution >= 4 is 5.69 Å². The molecule has 1 aliphatic heterocycles. The Morgan fingerprint density at radius 1 is 1.31 bits per heavy atom. The molecule has 1 aromatic rings. The standard InChI is InChI=1S/C12H18N2O2/c1-15-10-16-12-4-2-3-11(9-12)14-7-5-13-6-8-14/h2-4,9,13H,5-8,10H2,1H3. The summed E-state index contributed by atoms with van der Waals surface area (Å²) in [7, 11) is 1.63. The van der Waals surface area contributed by atoms with Gasteiger partial charge in [-0.3, -0.25) is 0 Å². The lowest BCUT2D eigenvalue weighted by Gasteiger charge is -2.29. The molecule has 0 amide bonds. The zero-order valence-corrected chi connectivity index (χ0v) is 9.61. The Morgan fingerprint density at radius 2 is 2.12 bits per heavy atom. The lowest BCUT2D eigenvalue weighted by atomic mass is 10.2. The molecule has 0 aromatic heterocycles. The van der Waals surface area contributed by atoms with E-state index in [0.717, 1.165) is 31.9 Å². The molecule has 0 radical (unpaired) electrons. The maximum absolute atomic E-state index is 5.42. The normalized spacial score (nSPS) is 16.2. The third-order valence-electron chi connectivity index (χ3n) is 2.64. The van der Waals surface area contributed by atoms with Crippen LogP contribution in [0.15, 0.2) is 24.3 Å². The minimum absolute atomic E-state index is 0.297. The van der Waals surface area contributed by atoms with Crippen LogP contribution in [0.3, 0.4) is 0 Å². The van der Waals surface area contributed by atoms with Crippen molar-refractivity contribution in [3.8, 4) is 5.75 Å². The minimum atomic E-state index is 0.297. The fraction of sp³-hybridized carbons (Fsp3) is 0.500. The van der Waals surface area contributed by atoms with E-state index < -0.39 is 0 Å². The van der Waals surface area contributed by atoms with Crippen LogP contribution in [0.4, 0.5) is 5.69 Å². The number of piperazine rings is 1. The van der Waals surface area contributed by atoms with Gasteiger partial charge in [-0.15, -0.1) is 0 Å². The van der Waals surface area contributed by atoms with Gasteiger partial charge in [0.1, 0.15) is 5.75 Å². The maximum Gasteiger partial charge on any atom is 0.188 e. The lowest BCUT2D eigenvalue weighted by molar-refractivity contribution is 0.0511. The molecule has 0 saturated carbocycles. The van der Waals surface area contributed by atoms with Gasteiger partial charge in [0.15, 0.2) is 6.79 Å². The summed E-state index contributed by atoms with van der Waals surface area (Å²) >= 11 is 0. The summed E-state index contributed by atoms with van der Waals surface area (Å²) < 4.78 is 10.3. The minimum Gasteiger partial charge on any atom is -0.467 e. The molecule has 0 aliphatic carbocycles.